The zero-order valence-electron chi connectivity index (χ0n) is 14.1. The molecular weight excluding hydrogens is 278 g/mol. The number of guanidine groups is 1. The largest absolute Gasteiger partial charge is 0.497 e. The summed E-state index contributed by atoms with van der Waals surface area (Å²) in [5.41, 5.74) is 1.42. The van der Waals surface area contributed by atoms with Crippen molar-refractivity contribution in [1.82, 2.24) is 10.2 Å². The van der Waals surface area contributed by atoms with Crippen molar-refractivity contribution in [3.8, 4) is 5.75 Å². The fraction of sp³-hybridized carbons (Fsp3) is 0.588. The van der Waals surface area contributed by atoms with Crippen LogP contribution in [0.4, 0.5) is 0 Å². The van der Waals surface area contributed by atoms with E-state index in [-0.39, 0.29) is 5.41 Å². The van der Waals surface area contributed by atoms with Crippen LogP contribution in [0.25, 0.3) is 0 Å². The zero-order valence-corrected chi connectivity index (χ0v) is 14.1. The molecule has 1 aliphatic rings. The summed E-state index contributed by atoms with van der Waals surface area (Å²) in [7, 11) is 3.74. The normalized spacial score (nSPS) is 16.8. The van der Waals surface area contributed by atoms with Gasteiger partial charge in [-0.15, -0.1) is 0 Å². The second-order valence-electron chi connectivity index (χ2n) is 6.18. The van der Waals surface area contributed by atoms with Gasteiger partial charge in [-0.3, -0.25) is 4.99 Å². The summed E-state index contributed by atoms with van der Waals surface area (Å²) in [6.07, 6.45) is 0. The molecule has 2 rings (SSSR count). The van der Waals surface area contributed by atoms with E-state index in [9.17, 15) is 0 Å². The van der Waals surface area contributed by atoms with Gasteiger partial charge in [-0.1, -0.05) is 19.1 Å². The topological polar surface area (TPSA) is 46.1 Å². The lowest BCUT2D eigenvalue weighted by molar-refractivity contribution is -0.0946. The van der Waals surface area contributed by atoms with E-state index in [1.807, 2.05) is 12.1 Å². The van der Waals surface area contributed by atoms with Crippen LogP contribution in [0.15, 0.2) is 29.3 Å². The van der Waals surface area contributed by atoms with Gasteiger partial charge in [0.25, 0.3) is 0 Å². The minimum absolute atomic E-state index is 0.196. The maximum absolute atomic E-state index is 5.29. The number of hydrogen-bond acceptors (Lipinski definition) is 3. The minimum Gasteiger partial charge on any atom is -0.497 e. The van der Waals surface area contributed by atoms with Crippen LogP contribution in [-0.4, -0.2) is 51.3 Å². The molecule has 5 heteroatoms. The summed E-state index contributed by atoms with van der Waals surface area (Å²) in [4.78, 5) is 6.91. The van der Waals surface area contributed by atoms with E-state index < -0.39 is 0 Å². The van der Waals surface area contributed by atoms with Crippen LogP contribution >= 0.6 is 0 Å². The van der Waals surface area contributed by atoms with Crippen molar-refractivity contribution in [2.75, 3.05) is 40.5 Å². The van der Waals surface area contributed by atoms with Gasteiger partial charge in [-0.05, 0) is 24.6 Å². The molecule has 1 aromatic rings. The lowest BCUT2D eigenvalue weighted by Gasteiger charge is -2.37. The fourth-order valence-electron chi connectivity index (χ4n) is 2.36. The van der Waals surface area contributed by atoms with E-state index in [1.165, 1.54) is 5.56 Å². The number of ether oxygens (including phenoxy) is 2. The second-order valence-corrected chi connectivity index (χ2v) is 6.18. The van der Waals surface area contributed by atoms with Crippen molar-refractivity contribution in [2.45, 2.75) is 20.4 Å². The molecule has 0 aromatic heterocycles. The van der Waals surface area contributed by atoms with E-state index in [4.69, 9.17) is 14.5 Å². The van der Waals surface area contributed by atoms with E-state index >= 15 is 0 Å². The third kappa shape index (κ3) is 4.37. The maximum Gasteiger partial charge on any atom is 0.193 e. The maximum atomic E-state index is 5.29. The molecular formula is C17H27N3O2. The summed E-state index contributed by atoms with van der Waals surface area (Å²) in [6, 6.07) is 8.14. The van der Waals surface area contributed by atoms with Gasteiger partial charge in [0.15, 0.2) is 5.96 Å². The molecule has 0 spiro atoms. The third-order valence-electron chi connectivity index (χ3n) is 3.79. The van der Waals surface area contributed by atoms with Crippen LogP contribution in [0, 0.1) is 5.41 Å². The number of aliphatic imine (C=N–C) groups is 1. The molecule has 0 amide bonds. The molecule has 1 aliphatic heterocycles. The molecule has 1 aromatic carbocycles. The third-order valence-corrected chi connectivity index (χ3v) is 3.79. The van der Waals surface area contributed by atoms with Crippen LogP contribution in [-0.2, 0) is 11.3 Å². The first-order valence-corrected chi connectivity index (χ1v) is 7.76. The first-order chi connectivity index (χ1) is 10.6. The Kier molecular flexibility index (Phi) is 5.66. The molecule has 1 heterocycles. The van der Waals surface area contributed by atoms with E-state index in [2.05, 4.69) is 43.2 Å². The van der Waals surface area contributed by atoms with Crippen molar-refractivity contribution in [1.29, 1.82) is 0 Å². The molecule has 0 unspecified atom stereocenters. The summed E-state index contributed by atoms with van der Waals surface area (Å²) < 4.78 is 10.5. The van der Waals surface area contributed by atoms with Crippen LogP contribution in [0.1, 0.15) is 19.4 Å². The Morgan fingerprint density at radius 3 is 2.55 bits per heavy atom. The summed E-state index contributed by atoms with van der Waals surface area (Å²) in [5, 5.41) is 3.36. The van der Waals surface area contributed by atoms with Gasteiger partial charge in [0.1, 0.15) is 5.75 Å². The quantitative estimate of drug-likeness (QED) is 0.646. The highest BCUT2D eigenvalue weighted by Crippen LogP contribution is 2.26. The number of hydrogen-bond donors (Lipinski definition) is 1. The molecule has 0 aliphatic carbocycles. The van der Waals surface area contributed by atoms with Crippen molar-refractivity contribution < 1.29 is 9.47 Å². The van der Waals surface area contributed by atoms with Crippen LogP contribution < -0.4 is 10.1 Å². The summed E-state index contributed by atoms with van der Waals surface area (Å²) in [5.74, 6) is 1.82. The van der Waals surface area contributed by atoms with E-state index in [0.29, 0.717) is 0 Å². The van der Waals surface area contributed by atoms with Gasteiger partial charge < -0.3 is 19.7 Å². The van der Waals surface area contributed by atoms with Gasteiger partial charge in [0.2, 0.25) is 0 Å². The first-order valence-electron chi connectivity index (χ1n) is 7.76. The molecule has 1 N–H and O–H groups in total. The van der Waals surface area contributed by atoms with Crippen molar-refractivity contribution in [3.05, 3.63) is 29.8 Å². The number of rotatable bonds is 6. The van der Waals surface area contributed by atoms with Gasteiger partial charge in [0, 0.05) is 25.6 Å². The number of methoxy groups -OCH3 is 1. The molecule has 0 atom stereocenters. The van der Waals surface area contributed by atoms with Crippen molar-refractivity contribution in [3.63, 3.8) is 0 Å². The lowest BCUT2D eigenvalue weighted by atomic mass is 9.89. The summed E-state index contributed by atoms with van der Waals surface area (Å²) in [6.45, 7) is 8.37. The molecule has 22 heavy (non-hydrogen) atoms. The molecule has 1 saturated heterocycles. The van der Waals surface area contributed by atoms with Crippen molar-refractivity contribution >= 4 is 5.96 Å². The first kappa shape index (κ1) is 16.6. The highest BCUT2D eigenvalue weighted by molar-refractivity contribution is 5.79. The zero-order chi connectivity index (χ0) is 16.0. The van der Waals surface area contributed by atoms with Crippen LogP contribution in [0.3, 0.4) is 0 Å². The predicted octanol–water partition coefficient (Wildman–Crippen LogP) is 2.13. The molecule has 0 radical (unpaired) electrons. The van der Waals surface area contributed by atoms with Gasteiger partial charge >= 0.3 is 0 Å². The Balaban J connectivity index is 1.98. The Bertz CT molecular complexity index is 495. The molecule has 0 saturated carbocycles. The highest BCUT2D eigenvalue weighted by Gasteiger charge is 2.33. The number of nitrogens with zero attached hydrogens (tertiary/aromatic N) is 2. The highest BCUT2D eigenvalue weighted by atomic mass is 16.5. The second kappa shape index (κ2) is 7.49. The average Bonchev–Trinajstić information content (AvgIpc) is 2.50. The molecule has 0 bridgehead atoms. The number of nitrogens with one attached hydrogen (secondary N) is 1. The fourth-order valence-corrected chi connectivity index (χ4v) is 2.36. The van der Waals surface area contributed by atoms with E-state index in [0.717, 1.165) is 44.6 Å². The Labute approximate surface area is 133 Å². The van der Waals surface area contributed by atoms with E-state index in [1.54, 1.807) is 7.11 Å². The Hall–Kier alpha value is -1.75. The standard InChI is InChI=1S/C17H27N3O2/c1-5-18-16(19-11-17(2)12-22-13-17)20(3)10-14-6-8-15(21-4)9-7-14/h6-9H,5,10-13H2,1-4H3,(H,18,19). The Morgan fingerprint density at radius 2 is 2.05 bits per heavy atom. The van der Waals surface area contributed by atoms with Crippen molar-refractivity contribution in [2.24, 2.45) is 10.4 Å². The van der Waals surface area contributed by atoms with Gasteiger partial charge in [0.05, 0.1) is 26.9 Å². The molecule has 5 nitrogen and oxygen atoms in total. The molecule has 1 fully saturated rings. The van der Waals surface area contributed by atoms with Gasteiger partial charge in [-0.25, -0.2) is 0 Å². The predicted molar refractivity (Wildman–Crippen MR) is 89.4 cm³/mol. The smallest absolute Gasteiger partial charge is 0.193 e. The monoisotopic (exact) mass is 305 g/mol. The lowest BCUT2D eigenvalue weighted by Crippen LogP contribution is -2.44. The number of benzene rings is 1. The molecule has 122 valence electrons. The van der Waals surface area contributed by atoms with Gasteiger partial charge in [-0.2, -0.15) is 0 Å². The average molecular weight is 305 g/mol. The SMILES string of the molecule is CCNC(=NCC1(C)COC1)N(C)Cc1ccc(OC)cc1. The van der Waals surface area contributed by atoms with Crippen LogP contribution in [0.5, 0.6) is 5.75 Å². The summed E-state index contributed by atoms with van der Waals surface area (Å²) >= 11 is 0. The van der Waals surface area contributed by atoms with Crippen LogP contribution in [0.2, 0.25) is 0 Å². The minimum atomic E-state index is 0.196. The Morgan fingerprint density at radius 1 is 1.36 bits per heavy atom.